The molecule has 0 aromatic heterocycles. The van der Waals surface area contributed by atoms with E-state index >= 15 is 0 Å². The topological polar surface area (TPSA) is 0 Å². The molecule has 2 aliphatic rings. The van der Waals surface area contributed by atoms with Crippen LogP contribution in [0.5, 0.6) is 0 Å². The van der Waals surface area contributed by atoms with Crippen LogP contribution >= 0.6 is 0 Å². The molecule has 0 amide bonds. The fraction of sp³-hybridized carbons (Fsp3) is 1.00. The predicted octanol–water partition coefficient (Wildman–Crippen LogP) is 3.47. The van der Waals surface area contributed by atoms with E-state index in [-0.39, 0.29) is 0 Å². The summed E-state index contributed by atoms with van der Waals surface area (Å²) >= 11 is 0. The van der Waals surface area contributed by atoms with Gasteiger partial charge in [-0.2, -0.15) is 0 Å². The highest BCUT2D eigenvalue weighted by molar-refractivity contribution is 5.06. The summed E-state index contributed by atoms with van der Waals surface area (Å²) in [6, 6.07) is 0. The summed E-state index contributed by atoms with van der Waals surface area (Å²) in [6.45, 7) is 9.87. The molecule has 11 heavy (non-hydrogen) atoms. The molecule has 0 nitrogen and oxygen atoms in total. The third kappa shape index (κ3) is 0.761. The maximum atomic E-state index is 2.50. The van der Waals surface area contributed by atoms with Crippen LogP contribution in [0.25, 0.3) is 0 Å². The van der Waals surface area contributed by atoms with Crippen LogP contribution in [0.15, 0.2) is 0 Å². The summed E-state index contributed by atoms with van der Waals surface area (Å²) < 4.78 is 0. The molecule has 0 spiro atoms. The largest absolute Gasteiger partial charge is 0.0620 e. The van der Waals surface area contributed by atoms with Gasteiger partial charge in [0.2, 0.25) is 0 Å². The molecule has 0 saturated heterocycles. The van der Waals surface area contributed by atoms with Gasteiger partial charge in [-0.3, -0.25) is 0 Å². The quantitative estimate of drug-likeness (QED) is 0.498. The van der Waals surface area contributed by atoms with Crippen molar-refractivity contribution in [1.29, 1.82) is 0 Å². The summed E-state index contributed by atoms with van der Waals surface area (Å²) in [5.74, 6) is 2.03. The summed E-state index contributed by atoms with van der Waals surface area (Å²) in [5, 5.41) is 0. The standard InChI is InChI=1S/C11H20/c1-8-5-9-6-10(2,3)11(8,4)7-9/h8-9H,5-7H2,1-4H3. The van der Waals surface area contributed by atoms with Crippen LogP contribution in [0.2, 0.25) is 0 Å². The first-order valence-electron chi connectivity index (χ1n) is 4.96. The van der Waals surface area contributed by atoms with Crippen molar-refractivity contribution in [2.75, 3.05) is 0 Å². The fourth-order valence-electron chi connectivity index (χ4n) is 3.70. The molecule has 0 radical (unpaired) electrons. The van der Waals surface area contributed by atoms with Gasteiger partial charge in [0.15, 0.2) is 0 Å². The molecule has 2 rings (SSSR count). The Bertz CT molecular complexity index is 180. The molecule has 2 fully saturated rings. The van der Waals surface area contributed by atoms with Crippen molar-refractivity contribution in [1.82, 2.24) is 0 Å². The summed E-state index contributed by atoms with van der Waals surface area (Å²) in [6.07, 6.45) is 4.48. The lowest BCUT2D eigenvalue weighted by atomic mass is 9.61. The zero-order valence-corrected chi connectivity index (χ0v) is 8.28. The van der Waals surface area contributed by atoms with E-state index in [2.05, 4.69) is 27.7 Å². The fourth-order valence-corrected chi connectivity index (χ4v) is 3.70. The van der Waals surface area contributed by atoms with Gasteiger partial charge >= 0.3 is 0 Å². The van der Waals surface area contributed by atoms with Crippen molar-refractivity contribution >= 4 is 0 Å². The molecule has 64 valence electrons. The molecule has 3 atom stereocenters. The monoisotopic (exact) mass is 152 g/mol. The van der Waals surface area contributed by atoms with Crippen LogP contribution < -0.4 is 0 Å². The highest BCUT2D eigenvalue weighted by Gasteiger charge is 2.57. The normalized spacial score (nSPS) is 53.5. The number of fused-ring (bicyclic) bond motifs is 2. The molecule has 0 aromatic carbocycles. The van der Waals surface area contributed by atoms with Gasteiger partial charge in [0.1, 0.15) is 0 Å². The van der Waals surface area contributed by atoms with E-state index in [4.69, 9.17) is 0 Å². The molecule has 0 heterocycles. The second-order valence-corrected chi connectivity index (χ2v) is 5.71. The zero-order valence-electron chi connectivity index (χ0n) is 8.28. The average molecular weight is 152 g/mol. The SMILES string of the molecule is CC1CC2CC(C)(C)C1(C)C2. The van der Waals surface area contributed by atoms with Crippen LogP contribution in [-0.2, 0) is 0 Å². The van der Waals surface area contributed by atoms with Crippen LogP contribution in [0.3, 0.4) is 0 Å². The average Bonchev–Trinajstić information content (AvgIpc) is 2.16. The van der Waals surface area contributed by atoms with E-state index in [0.717, 1.165) is 11.8 Å². The second-order valence-electron chi connectivity index (χ2n) is 5.71. The van der Waals surface area contributed by atoms with Crippen LogP contribution in [-0.4, -0.2) is 0 Å². The van der Waals surface area contributed by atoms with E-state index in [9.17, 15) is 0 Å². The van der Waals surface area contributed by atoms with E-state index < -0.39 is 0 Å². The molecule has 0 heteroatoms. The lowest BCUT2D eigenvalue weighted by molar-refractivity contribution is 0.0578. The van der Waals surface area contributed by atoms with Gasteiger partial charge in [-0.25, -0.2) is 0 Å². The Morgan fingerprint density at radius 1 is 1.09 bits per heavy atom. The third-order valence-corrected chi connectivity index (χ3v) is 4.83. The molecular weight excluding hydrogens is 132 g/mol. The minimum Gasteiger partial charge on any atom is -0.0620 e. The number of hydrogen-bond acceptors (Lipinski definition) is 0. The summed E-state index contributed by atoms with van der Waals surface area (Å²) in [4.78, 5) is 0. The molecule has 2 aliphatic carbocycles. The minimum absolute atomic E-state index is 0.620. The van der Waals surface area contributed by atoms with E-state index in [1.807, 2.05) is 0 Å². The van der Waals surface area contributed by atoms with Crippen molar-refractivity contribution in [3.8, 4) is 0 Å². The smallest absolute Gasteiger partial charge is 0.0246 e. The van der Waals surface area contributed by atoms with Crippen LogP contribution in [0.4, 0.5) is 0 Å². The van der Waals surface area contributed by atoms with Gasteiger partial charge in [0.05, 0.1) is 0 Å². The Morgan fingerprint density at radius 3 is 2.00 bits per heavy atom. The van der Waals surface area contributed by atoms with Crippen molar-refractivity contribution in [3.05, 3.63) is 0 Å². The van der Waals surface area contributed by atoms with Crippen molar-refractivity contribution in [2.24, 2.45) is 22.7 Å². The van der Waals surface area contributed by atoms with Crippen molar-refractivity contribution in [2.45, 2.75) is 47.0 Å². The maximum Gasteiger partial charge on any atom is -0.0246 e. The Hall–Kier alpha value is 0. The van der Waals surface area contributed by atoms with Gasteiger partial charge < -0.3 is 0 Å². The van der Waals surface area contributed by atoms with Crippen molar-refractivity contribution in [3.63, 3.8) is 0 Å². The summed E-state index contributed by atoms with van der Waals surface area (Å²) in [5.41, 5.74) is 1.28. The lowest BCUT2D eigenvalue weighted by Crippen LogP contribution is -2.35. The molecule has 0 aromatic rings. The van der Waals surface area contributed by atoms with Gasteiger partial charge in [0, 0.05) is 0 Å². The van der Waals surface area contributed by atoms with E-state index in [0.29, 0.717) is 10.8 Å². The molecular formula is C11H20. The highest BCUT2D eigenvalue weighted by atomic mass is 14.6. The summed E-state index contributed by atoms with van der Waals surface area (Å²) in [7, 11) is 0. The molecule has 3 unspecified atom stereocenters. The maximum absolute atomic E-state index is 2.50. The van der Waals surface area contributed by atoms with E-state index in [1.165, 1.54) is 19.3 Å². The molecule has 0 N–H and O–H groups in total. The molecule has 2 bridgehead atoms. The second kappa shape index (κ2) is 1.84. The molecule has 2 saturated carbocycles. The van der Waals surface area contributed by atoms with E-state index in [1.54, 1.807) is 0 Å². The Kier molecular flexibility index (Phi) is 1.28. The minimum atomic E-state index is 0.620. The van der Waals surface area contributed by atoms with Gasteiger partial charge in [-0.05, 0) is 41.9 Å². The van der Waals surface area contributed by atoms with Gasteiger partial charge in [-0.1, -0.05) is 27.7 Å². The van der Waals surface area contributed by atoms with Crippen LogP contribution in [0.1, 0.15) is 47.0 Å². The first kappa shape index (κ1) is 7.64. The molecule has 0 aliphatic heterocycles. The third-order valence-electron chi connectivity index (χ3n) is 4.83. The first-order valence-corrected chi connectivity index (χ1v) is 4.96. The number of hydrogen-bond donors (Lipinski definition) is 0. The highest BCUT2D eigenvalue weighted by Crippen LogP contribution is 2.66. The Labute approximate surface area is 70.4 Å². The lowest BCUT2D eigenvalue weighted by Gasteiger charge is -2.43. The number of rotatable bonds is 0. The van der Waals surface area contributed by atoms with Crippen LogP contribution in [0, 0.1) is 22.7 Å². The van der Waals surface area contributed by atoms with Crippen molar-refractivity contribution < 1.29 is 0 Å². The predicted molar refractivity (Wildman–Crippen MR) is 48.4 cm³/mol. The first-order chi connectivity index (χ1) is 4.96. The Balaban J connectivity index is 2.34. The van der Waals surface area contributed by atoms with Gasteiger partial charge in [-0.15, -0.1) is 0 Å². The zero-order chi connectivity index (χ0) is 8.28. The Morgan fingerprint density at radius 2 is 1.73 bits per heavy atom. The van der Waals surface area contributed by atoms with Gasteiger partial charge in [0.25, 0.3) is 0 Å².